The second-order valence-corrected chi connectivity index (χ2v) is 6.75. The van der Waals surface area contributed by atoms with E-state index >= 15 is 0 Å². The molecule has 5 nitrogen and oxygen atoms in total. The lowest BCUT2D eigenvalue weighted by atomic mass is 10.1. The van der Waals surface area contributed by atoms with E-state index in [0.29, 0.717) is 23.0 Å². The lowest BCUT2D eigenvalue weighted by Gasteiger charge is -2.19. The molecule has 24 heavy (non-hydrogen) atoms. The number of carbonyl (C=O) groups is 1. The van der Waals surface area contributed by atoms with Crippen molar-refractivity contribution in [1.82, 2.24) is 15.4 Å². The van der Waals surface area contributed by atoms with Crippen molar-refractivity contribution in [1.29, 1.82) is 0 Å². The highest BCUT2D eigenvalue weighted by atomic mass is 35.5. The van der Waals surface area contributed by atoms with E-state index in [1.165, 1.54) is 12.8 Å². The van der Waals surface area contributed by atoms with Crippen molar-refractivity contribution in [3.63, 3.8) is 0 Å². The molecule has 1 aromatic heterocycles. The number of aromatic nitrogens is 1. The number of rotatable bonds is 6. The molecule has 1 aromatic carbocycles. The second-order valence-electron chi connectivity index (χ2n) is 6.32. The number of benzene rings is 1. The minimum atomic E-state index is -0.0292. The molecular formula is C18H22ClN3O2. The average Bonchev–Trinajstić information content (AvgIpc) is 3.24. The Morgan fingerprint density at radius 3 is 2.92 bits per heavy atom. The van der Waals surface area contributed by atoms with Gasteiger partial charge in [0.15, 0.2) is 5.76 Å². The van der Waals surface area contributed by atoms with Crippen molar-refractivity contribution in [2.75, 3.05) is 19.6 Å². The van der Waals surface area contributed by atoms with Crippen LogP contribution in [0.4, 0.5) is 0 Å². The molecule has 0 spiro atoms. The van der Waals surface area contributed by atoms with E-state index < -0.39 is 0 Å². The van der Waals surface area contributed by atoms with Gasteiger partial charge in [-0.1, -0.05) is 35.8 Å². The van der Waals surface area contributed by atoms with Crippen molar-refractivity contribution in [2.45, 2.75) is 26.3 Å². The molecule has 0 saturated carbocycles. The molecule has 1 fully saturated rings. The number of nitrogens with one attached hydrogen (secondary N) is 1. The van der Waals surface area contributed by atoms with Crippen LogP contribution in [0.2, 0.25) is 5.02 Å². The highest BCUT2D eigenvalue weighted by molar-refractivity contribution is 6.30. The first-order valence-electron chi connectivity index (χ1n) is 8.33. The van der Waals surface area contributed by atoms with Crippen LogP contribution in [0.5, 0.6) is 0 Å². The van der Waals surface area contributed by atoms with Crippen molar-refractivity contribution >= 4 is 17.5 Å². The van der Waals surface area contributed by atoms with Gasteiger partial charge in [-0.25, -0.2) is 0 Å². The van der Waals surface area contributed by atoms with E-state index in [1.807, 2.05) is 37.3 Å². The molecule has 1 atom stereocenters. The zero-order valence-electron chi connectivity index (χ0n) is 13.8. The topological polar surface area (TPSA) is 58.4 Å². The quantitative estimate of drug-likeness (QED) is 0.870. The molecule has 0 radical (unpaired) electrons. The van der Waals surface area contributed by atoms with E-state index in [9.17, 15) is 4.79 Å². The van der Waals surface area contributed by atoms with Crippen molar-refractivity contribution < 1.29 is 9.32 Å². The second kappa shape index (κ2) is 7.81. The third kappa shape index (κ3) is 4.36. The van der Waals surface area contributed by atoms with Gasteiger partial charge >= 0.3 is 0 Å². The number of hydrogen-bond acceptors (Lipinski definition) is 4. The Morgan fingerprint density at radius 2 is 2.17 bits per heavy atom. The Labute approximate surface area is 147 Å². The van der Waals surface area contributed by atoms with Gasteiger partial charge in [-0.15, -0.1) is 0 Å². The predicted octanol–water partition coefficient (Wildman–Crippen LogP) is 3.34. The summed E-state index contributed by atoms with van der Waals surface area (Å²) >= 11 is 5.99. The van der Waals surface area contributed by atoms with Crippen molar-refractivity contribution in [2.24, 2.45) is 5.92 Å². The van der Waals surface area contributed by atoms with Crippen LogP contribution in [-0.4, -0.2) is 35.6 Å². The maximum absolute atomic E-state index is 12.2. The van der Waals surface area contributed by atoms with Crippen LogP contribution in [0.15, 0.2) is 34.9 Å². The average molecular weight is 348 g/mol. The van der Waals surface area contributed by atoms with Gasteiger partial charge in [0.05, 0.1) is 6.54 Å². The normalized spacial score (nSPS) is 16.2. The van der Waals surface area contributed by atoms with Gasteiger partial charge in [0, 0.05) is 29.1 Å². The molecule has 1 aliphatic rings. The number of likely N-dealkylation sites (tertiary alicyclic amines) is 1. The largest absolute Gasteiger partial charge is 0.359 e. The van der Waals surface area contributed by atoms with E-state index in [1.54, 1.807) is 0 Å². The Kier molecular flexibility index (Phi) is 5.53. The van der Waals surface area contributed by atoms with Crippen molar-refractivity contribution in [3.8, 4) is 11.3 Å². The first-order chi connectivity index (χ1) is 11.6. The van der Waals surface area contributed by atoms with Crippen molar-refractivity contribution in [3.05, 3.63) is 41.1 Å². The molecule has 0 aliphatic carbocycles. The number of hydrogen-bond donors (Lipinski definition) is 1. The fourth-order valence-electron chi connectivity index (χ4n) is 2.96. The molecule has 0 bridgehead atoms. The van der Waals surface area contributed by atoms with Gasteiger partial charge < -0.3 is 14.7 Å². The van der Waals surface area contributed by atoms with E-state index in [4.69, 9.17) is 16.1 Å². The van der Waals surface area contributed by atoms with Crippen LogP contribution >= 0.6 is 11.6 Å². The Morgan fingerprint density at radius 1 is 1.38 bits per heavy atom. The van der Waals surface area contributed by atoms with Crippen LogP contribution in [-0.2, 0) is 11.3 Å². The van der Waals surface area contributed by atoms with Gasteiger partial charge in [0.2, 0.25) is 5.91 Å². The molecule has 2 heterocycles. The molecule has 3 rings (SSSR count). The standard InChI is InChI=1S/C18H22ClN3O2/c1-13(12-22-7-2-3-8-22)18(23)20-11-16-10-17(21-24-16)14-5-4-6-15(19)9-14/h4-6,9-10,13H,2-3,7-8,11-12H2,1H3,(H,20,23)/t13-/m0/s1. The number of carbonyl (C=O) groups excluding carboxylic acids is 1. The summed E-state index contributed by atoms with van der Waals surface area (Å²) in [5, 5.41) is 7.62. The van der Waals surface area contributed by atoms with E-state index in [0.717, 1.165) is 25.2 Å². The summed E-state index contributed by atoms with van der Waals surface area (Å²) in [6.07, 6.45) is 2.47. The van der Waals surface area contributed by atoms with Crippen LogP contribution < -0.4 is 5.32 Å². The summed E-state index contributed by atoms with van der Waals surface area (Å²) in [6, 6.07) is 9.27. The maximum Gasteiger partial charge on any atom is 0.224 e. The van der Waals surface area contributed by atoms with Crippen LogP contribution in [0.3, 0.4) is 0 Å². The number of amides is 1. The van der Waals surface area contributed by atoms with E-state index in [-0.39, 0.29) is 11.8 Å². The smallest absolute Gasteiger partial charge is 0.224 e. The molecule has 1 amide bonds. The highest BCUT2D eigenvalue weighted by Gasteiger charge is 2.19. The highest BCUT2D eigenvalue weighted by Crippen LogP contribution is 2.22. The summed E-state index contributed by atoms with van der Waals surface area (Å²) in [4.78, 5) is 14.6. The van der Waals surface area contributed by atoms with Gasteiger partial charge in [-0.05, 0) is 38.1 Å². The lowest BCUT2D eigenvalue weighted by Crippen LogP contribution is -2.36. The SMILES string of the molecule is C[C@@H](CN1CCCC1)C(=O)NCc1cc(-c2cccc(Cl)c2)no1. The van der Waals surface area contributed by atoms with Crippen LogP contribution in [0.1, 0.15) is 25.5 Å². The lowest BCUT2D eigenvalue weighted by molar-refractivity contribution is -0.125. The molecule has 2 aromatic rings. The summed E-state index contributed by atoms with van der Waals surface area (Å²) in [7, 11) is 0. The zero-order valence-corrected chi connectivity index (χ0v) is 14.6. The van der Waals surface area contributed by atoms with Gasteiger partial charge in [-0.3, -0.25) is 4.79 Å². The zero-order chi connectivity index (χ0) is 16.9. The molecule has 6 heteroatoms. The fourth-order valence-corrected chi connectivity index (χ4v) is 3.15. The first kappa shape index (κ1) is 17.0. The summed E-state index contributed by atoms with van der Waals surface area (Å²) in [5.74, 6) is 0.646. The molecule has 128 valence electrons. The van der Waals surface area contributed by atoms with Crippen LogP contribution in [0, 0.1) is 5.92 Å². The fraction of sp³-hybridized carbons (Fsp3) is 0.444. The molecule has 0 unspecified atom stereocenters. The van der Waals surface area contributed by atoms with Gasteiger partial charge in [0.1, 0.15) is 5.69 Å². The van der Waals surface area contributed by atoms with E-state index in [2.05, 4.69) is 15.4 Å². The Bertz CT molecular complexity index is 695. The monoisotopic (exact) mass is 347 g/mol. The minimum Gasteiger partial charge on any atom is -0.359 e. The van der Waals surface area contributed by atoms with Crippen LogP contribution in [0.25, 0.3) is 11.3 Å². The molecule has 1 saturated heterocycles. The number of halogens is 1. The third-order valence-electron chi connectivity index (χ3n) is 4.29. The summed E-state index contributed by atoms with van der Waals surface area (Å²) in [6.45, 7) is 5.32. The van der Waals surface area contributed by atoms with Gasteiger partial charge in [0.25, 0.3) is 0 Å². The summed E-state index contributed by atoms with van der Waals surface area (Å²) < 4.78 is 5.30. The molecular weight excluding hydrogens is 326 g/mol. The maximum atomic E-state index is 12.2. The minimum absolute atomic E-state index is 0.0292. The van der Waals surface area contributed by atoms with Gasteiger partial charge in [-0.2, -0.15) is 0 Å². The third-order valence-corrected chi connectivity index (χ3v) is 4.53. The Hall–Kier alpha value is -1.85. The molecule has 1 aliphatic heterocycles. The number of nitrogens with zero attached hydrogens (tertiary/aromatic N) is 2. The first-order valence-corrected chi connectivity index (χ1v) is 8.71. The molecule has 1 N–H and O–H groups in total. The predicted molar refractivity (Wildman–Crippen MR) is 93.6 cm³/mol. The summed E-state index contributed by atoms with van der Waals surface area (Å²) in [5.41, 5.74) is 1.61. The Balaban J connectivity index is 1.52.